The van der Waals surface area contributed by atoms with Crippen LogP contribution in [0.25, 0.3) is 0 Å². The lowest BCUT2D eigenvalue weighted by molar-refractivity contribution is -0.117. The van der Waals surface area contributed by atoms with E-state index in [1.165, 1.54) is 32.1 Å². The summed E-state index contributed by atoms with van der Waals surface area (Å²) in [5, 5.41) is 6.40. The molecule has 0 spiro atoms. The van der Waals surface area contributed by atoms with Gasteiger partial charge >= 0.3 is 0 Å². The summed E-state index contributed by atoms with van der Waals surface area (Å²) in [6, 6.07) is 0.339. The quantitative estimate of drug-likeness (QED) is 0.774. The van der Waals surface area contributed by atoms with Gasteiger partial charge in [-0.05, 0) is 80.7 Å². The molecule has 5 aliphatic rings. The zero-order valence-corrected chi connectivity index (χ0v) is 12.2. The maximum Gasteiger partial charge on any atom is 0.243 e. The van der Waals surface area contributed by atoms with Gasteiger partial charge in [0.1, 0.15) is 0 Å². The van der Waals surface area contributed by atoms with Gasteiger partial charge in [-0.25, -0.2) is 0 Å². The van der Waals surface area contributed by atoms with Gasteiger partial charge in [-0.3, -0.25) is 4.79 Å². The Bertz CT molecular complexity index is 383. The summed E-state index contributed by atoms with van der Waals surface area (Å²) in [6.45, 7) is 1.96. The molecule has 0 aromatic rings. The monoisotopic (exact) mass is 274 g/mol. The van der Waals surface area contributed by atoms with Crippen molar-refractivity contribution < 1.29 is 4.79 Å². The number of hydrogen-bond donors (Lipinski definition) is 2. The topological polar surface area (TPSA) is 41.1 Å². The van der Waals surface area contributed by atoms with Crippen LogP contribution in [0.3, 0.4) is 0 Å². The van der Waals surface area contributed by atoms with Gasteiger partial charge < -0.3 is 10.6 Å². The highest BCUT2D eigenvalue weighted by atomic mass is 16.1. The van der Waals surface area contributed by atoms with Crippen LogP contribution >= 0.6 is 0 Å². The number of amides is 1. The third-order valence-corrected chi connectivity index (χ3v) is 6.18. The summed E-state index contributed by atoms with van der Waals surface area (Å²) < 4.78 is 0. The van der Waals surface area contributed by atoms with E-state index >= 15 is 0 Å². The van der Waals surface area contributed by atoms with Crippen molar-refractivity contribution in [1.82, 2.24) is 10.6 Å². The van der Waals surface area contributed by atoms with E-state index < -0.39 is 0 Å². The zero-order chi connectivity index (χ0) is 13.5. The molecule has 3 nitrogen and oxygen atoms in total. The Morgan fingerprint density at radius 2 is 1.75 bits per heavy atom. The second-order valence-electron chi connectivity index (χ2n) is 7.57. The van der Waals surface area contributed by atoms with Crippen molar-refractivity contribution in [2.45, 2.75) is 44.6 Å². The van der Waals surface area contributed by atoms with Gasteiger partial charge in [-0.1, -0.05) is 6.08 Å². The van der Waals surface area contributed by atoms with Crippen LogP contribution in [0.4, 0.5) is 0 Å². The van der Waals surface area contributed by atoms with Crippen molar-refractivity contribution in [3.8, 4) is 0 Å². The van der Waals surface area contributed by atoms with Crippen LogP contribution in [0.2, 0.25) is 0 Å². The fraction of sp³-hybridized carbons (Fsp3) is 0.824. The van der Waals surface area contributed by atoms with Gasteiger partial charge in [0.15, 0.2) is 0 Å². The van der Waals surface area contributed by atoms with Crippen molar-refractivity contribution in [2.24, 2.45) is 29.6 Å². The Morgan fingerprint density at radius 3 is 2.35 bits per heavy atom. The molecular weight excluding hydrogens is 248 g/mol. The van der Waals surface area contributed by atoms with Crippen LogP contribution < -0.4 is 10.6 Å². The lowest BCUT2D eigenvalue weighted by Gasteiger charge is -2.53. The minimum atomic E-state index is 0.118. The van der Waals surface area contributed by atoms with Gasteiger partial charge in [0, 0.05) is 12.6 Å². The lowest BCUT2D eigenvalue weighted by atomic mass is 9.52. The Morgan fingerprint density at radius 1 is 1.05 bits per heavy atom. The first-order valence-corrected chi connectivity index (χ1v) is 8.47. The normalized spacial score (nSPS) is 46.2. The molecule has 5 fully saturated rings. The van der Waals surface area contributed by atoms with Gasteiger partial charge in [0.05, 0.1) is 0 Å². The summed E-state index contributed by atoms with van der Waals surface area (Å²) in [6.07, 6.45) is 12.4. The molecule has 0 aromatic carbocycles. The molecule has 5 rings (SSSR count). The van der Waals surface area contributed by atoms with E-state index in [-0.39, 0.29) is 5.91 Å². The van der Waals surface area contributed by atoms with Crippen LogP contribution in [0.1, 0.15) is 38.5 Å². The Hall–Kier alpha value is -0.830. The van der Waals surface area contributed by atoms with Crippen molar-refractivity contribution in [2.75, 3.05) is 13.1 Å². The molecular formula is C17H26N2O. The van der Waals surface area contributed by atoms with Crippen molar-refractivity contribution in [3.63, 3.8) is 0 Å². The number of rotatable bonds is 3. The van der Waals surface area contributed by atoms with Crippen LogP contribution in [0.5, 0.6) is 0 Å². The first-order valence-electron chi connectivity index (χ1n) is 8.47. The number of carbonyl (C=O) groups excluding carboxylic acids is 1. The van der Waals surface area contributed by atoms with Crippen molar-refractivity contribution in [1.29, 1.82) is 0 Å². The average Bonchev–Trinajstić information content (AvgIpc) is 2.90. The molecule has 1 aliphatic heterocycles. The molecule has 0 radical (unpaired) electrons. The van der Waals surface area contributed by atoms with E-state index in [1.54, 1.807) is 0 Å². The molecule has 1 amide bonds. The molecule has 2 N–H and O–H groups in total. The first-order chi connectivity index (χ1) is 9.78. The highest BCUT2D eigenvalue weighted by Gasteiger charge is 2.47. The molecule has 0 aromatic heterocycles. The standard InChI is InChI=1S/C17H26N2O/c20-17(19-15-3-4-18-10-15)2-1-16-13-6-11-5-12(8-13)9-14(16)7-11/h1-2,11-16,18H,3-10H2,(H,19,20)/b2-1+. The third-order valence-electron chi connectivity index (χ3n) is 6.18. The Kier molecular flexibility index (Phi) is 3.33. The van der Waals surface area contributed by atoms with E-state index in [9.17, 15) is 4.79 Å². The molecule has 1 unspecified atom stereocenters. The number of carbonyl (C=O) groups is 1. The van der Waals surface area contributed by atoms with E-state index in [1.807, 2.05) is 6.08 Å². The van der Waals surface area contributed by atoms with Crippen LogP contribution in [0, 0.1) is 29.6 Å². The van der Waals surface area contributed by atoms with Gasteiger partial charge in [0.2, 0.25) is 5.91 Å². The summed E-state index contributed by atoms with van der Waals surface area (Å²) in [5.41, 5.74) is 0. The van der Waals surface area contributed by atoms with Crippen LogP contribution in [0.15, 0.2) is 12.2 Å². The molecule has 4 bridgehead atoms. The van der Waals surface area contributed by atoms with Crippen LogP contribution in [-0.4, -0.2) is 25.0 Å². The number of nitrogens with one attached hydrogen (secondary N) is 2. The highest BCUT2D eigenvalue weighted by molar-refractivity contribution is 5.87. The Labute approximate surface area is 121 Å². The number of hydrogen-bond acceptors (Lipinski definition) is 2. The molecule has 1 atom stereocenters. The van der Waals surface area contributed by atoms with E-state index in [4.69, 9.17) is 0 Å². The second kappa shape index (κ2) is 5.18. The Balaban J connectivity index is 1.36. The van der Waals surface area contributed by atoms with E-state index in [0.29, 0.717) is 12.0 Å². The van der Waals surface area contributed by atoms with Crippen LogP contribution in [-0.2, 0) is 4.79 Å². The molecule has 4 saturated carbocycles. The fourth-order valence-electron chi connectivity index (χ4n) is 5.51. The minimum absolute atomic E-state index is 0.118. The van der Waals surface area contributed by atoms with Crippen molar-refractivity contribution >= 4 is 5.91 Å². The smallest absolute Gasteiger partial charge is 0.243 e. The average molecular weight is 274 g/mol. The maximum absolute atomic E-state index is 12.0. The molecule has 1 heterocycles. The SMILES string of the molecule is O=C(/C=C/C1C2CC3CC(C2)CC1C3)NC1CCNC1. The van der Waals surface area contributed by atoms with Gasteiger partial charge in [-0.2, -0.15) is 0 Å². The molecule has 110 valence electrons. The summed E-state index contributed by atoms with van der Waals surface area (Å²) in [7, 11) is 0. The predicted octanol–water partition coefficient (Wildman–Crippen LogP) is 2.09. The summed E-state index contributed by atoms with van der Waals surface area (Å²) >= 11 is 0. The fourth-order valence-corrected chi connectivity index (χ4v) is 5.51. The molecule has 20 heavy (non-hydrogen) atoms. The van der Waals surface area contributed by atoms with E-state index in [2.05, 4.69) is 16.7 Å². The second-order valence-corrected chi connectivity index (χ2v) is 7.57. The van der Waals surface area contributed by atoms with Gasteiger partial charge in [0.25, 0.3) is 0 Å². The minimum Gasteiger partial charge on any atom is -0.349 e. The van der Waals surface area contributed by atoms with Gasteiger partial charge in [-0.15, -0.1) is 0 Å². The molecule has 3 heteroatoms. The van der Waals surface area contributed by atoms with Crippen molar-refractivity contribution in [3.05, 3.63) is 12.2 Å². The summed E-state index contributed by atoms with van der Waals surface area (Å²) in [4.78, 5) is 12.0. The molecule has 1 saturated heterocycles. The third kappa shape index (κ3) is 2.41. The summed E-state index contributed by atoms with van der Waals surface area (Å²) in [5.74, 6) is 4.59. The van der Waals surface area contributed by atoms with E-state index in [0.717, 1.165) is 43.2 Å². The predicted molar refractivity (Wildman–Crippen MR) is 79.1 cm³/mol. The lowest BCUT2D eigenvalue weighted by Crippen LogP contribution is -2.44. The highest BCUT2D eigenvalue weighted by Crippen LogP contribution is 2.56. The number of allylic oxidation sites excluding steroid dienone is 1. The first kappa shape index (κ1) is 12.9. The maximum atomic E-state index is 12.0. The zero-order valence-electron chi connectivity index (χ0n) is 12.2. The molecule has 4 aliphatic carbocycles. The largest absolute Gasteiger partial charge is 0.349 e.